The smallest absolute Gasteiger partial charge is 0.141 e. The summed E-state index contributed by atoms with van der Waals surface area (Å²) in [6.07, 6.45) is 5.31. The molecule has 98 valence electrons. The van der Waals surface area contributed by atoms with Crippen LogP contribution in [-0.2, 0) is 11.2 Å². The van der Waals surface area contributed by atoms with Gasteiger partial charge in [0.25, 0.3) is 0 Å². The maximum atomic E-state index is 12.2. The van der Waals surface area contributed by atoms with Gasteiger partial charge in [-0.2, -0.15) is 0 Å². The highest BCUT2D eigenvalue weighted by Crippen LogP contribution is 2.29. The highest BCUT2D eigenvalue weighted by molar-refractivity contribution is 7.10. The largest absolute Gasteiger partial charge is 0.299 e. The van der Waals surface area contributed by atoms with Crippen LogP contribution >= 0.6 is 11.3 Å². The number of hydrogen-bond acceptors (Lipinski definition) is 2. The average Bonchev–Trinajstić information content (AvgIpc) is 3.11. The van der Waals surface area contributed by atoms with Gasteiger partial charge in [0.05, 0.1) is 0 Å². The molecule has 1 aromatic carbocycles. The van der Waals surface area contributed by atoms with Crippen LogP contribution in [-0.4, -0.2) is 5.78 Å². The number of Topliss-reactive ketones (excluding diaryl/α,β-unsaturated/α-hetero) is 1. The van der Waals surface area contributed by atoms with Gasteiger partial charge in [0.2, 0.25) is 0 Å². The first-order valence-electron chi connectivity index (χ1n) is 6.98. The summed E-state index contributed by atoms with van der Waals surface area (Å²) in [6.45, 7) is 0. The van der Waals surface area contributed by atoms with Crippen LogP contribution in [0.15, 0.2) is 41.8 Å². The number of hydrogen-bond donors (Lipinski definition) is 0. The molecule has 0 saturated heterocycles. The van der Waals surface area contributed by atoms with Gasteiger partial charge in [0.15, 0.2) is 0 Å². The maximum Gasteiger partial charge on any atom is 0.141 e. The standard InChI is InChI=1S/C17H18OS/c18-17(14-8-4-5-9-14)11-16-10-15(12-19-16)13-6-2-1-3-7-13/h1-3,6-7,10,12,14H,4-5,8-9,11H2. The third-order valence-electron chi connectivity index (χ3n) is 3.92. The molecule has 2 aromatic rings. The molecule has 0 aliphatic heterocycles. The Morgan fingerprint density at radius 3 is 2.58 bits per heavy atom. The molecule has 1 aliphatic carbocycles. The Morgan fingerprint density at radius 1 is 1.11 bits per heavy atom. The Hall–Kier alpha value is -1.41. The van der Waals surface area contributed by atoms with Crippen molar-refractivity contribution in [2.45, 2.75) is 32.1 Å². The zero-order valence-corrected chi connectivity index (χ0v) is 11.8. The Morgan fingerprint density at radius 2 is 1.84 bits per heavy atom. The van der Waals surface area contributed by atoms with Gasteiger partial charge < -0.3 is 0 Å². The van der Waals surface area contributed by atoms with E-state index in [1.807, 2.05) is 6.07 Å². The molecular weight excluding hydrogens is 252 g/mol. The summed E-state index contributed by atoms with van der Waals surface area (Å²) in [5.74, 6) is 0.779. The van der Waals surface area contributed by atoms with E-state index >= 15 is 0 Å². The second kappa shape index (κ2) is 5.70. The topological polar surface area (TPSA) is 17.1 Å². The molecule has 0 spiro atoms. The van der Waals surface area contributed by atoms with Crippen molar-refractivity contribution in [2.24, 2.45) is 5.92 Å². The summed E-state index contributed by atoms with van der Waals surface area (Å²) in [5.41, 5.74) is 2.47. The van der Waals surface area contributed by atoms with Crippen LogP contribution < -0.4 is 0 Å². The minimum absolute atomic E-state index is 0.335. The Balaban J connectivity index is 1.70. The molecule has 1 fully saturated rings. The van der Waals surface area contributed by atoms with Gasteiger partial charge in [-0.25, -0.2) is 0 Å². The average molecular weight is 270 g/mol. The van der Waals surface area contributed by atoms with E-state index in [-0.39, 0.29) is 0 Å². The van der Waals surface area contributed by atoms with Gasteiger partial charge in [-0.1, -0.05) is 43.2 Å². The monoisotopic (exact) mass is 270 g/mol. The number of thiophene rings is 1. The second-order valence-corrected chi connectivity index (χ2v) is 6.29. The molecule has 2 heteroatoms. The van der Waals surface area contributed by atoms with Crippen molar-refractivity contribution < 1.29 is 4.79 Å². The Kier molecular flexibility index (Phi) is 3.79. The van der Waals surface area contributed by atoms with Crippen molar-refractivity contribution in [1.82, 2.24) is 0 Å². The van der Waals surface area contributed by atoms with Crippen molar-refractivity contribution in [3.63, 3.8) is 0 Å². The number of carbonyl (C=O) groups is 1. The lowest BCUT2D eigenvalue weighted by molar-refractivity contribution is -0.121. The predicted molar refractivity (Wildman–Crippen MR) is 80.4 cm³/mol. The summed E-state index contributed by atoms with van der Waals surface area (Å²) < 4.78 is 0. The molecule has 1 saturated carbocycles. The third-order valence-corrected chi connectivity index (χ3v) is 4.86. The normalized spacial score (nSPS) is 15.8. The summed E-state index contributed by atoms with van der Waals surface area (Å²) >= 11 is 1.71. The predicted octanol–water partition coefficient (Wildman–Crippen LogP) is 4.72. The summed E-state index contributed by atoms with van der Waals surface area (Å²) in [7, 11) is 0. The van der Waals surface area contributed by atoms with E-state index in [1.165, 1.54) is 28.8 Å². The van der Waals surface area contributed by atoms with E-state index in [2.05, 4.69) is 35.7 Å². The van der Waals surface area contributed by atoms with E-state index in [4.69, 9.17) is 0 Å². The van der Waals surface area contributed by atoms with Gasteiger partial charge in [-0.05, 0) is 35.4 Å². The molecule has 3 rings (SSSR count). The van der Waals surface area contributed by atoms with Gasteiger partial charge >= 0.3 is 0 Å². The minimum atomic E-state index is 0.335. The molecule has 0 radical (unpaired) electrons. The highest BCUT2D eigenvalue weighted by Gasteiger charge is 2.22. The lowest BCUT2D eigenvalue weighted by Crippen LogP contribution is -2.12. The SMILES string of the molecule is O=C(Cc1cc(-c2ccccc2)cs1)C1CCCC1. The molecule has 1 aliphatic rings. The lowest BCUT2D eigenvalue weighted by Gasteiger charge is -2.05. The molecule has 19 heavy (non-hydrogen) atoms. The quantitative estimate of drug-likeness (QED) is 0.786. The second-order valence-electron chi connectivity index (χ2n) is 5.29. The van der Waals surface area contributed by atoms with Gasteiger partial charge in [0, 0.05) is 17.2 Å². The van der Waals surface area contributed by atoms with Gasteiger partial charge in [-0.3, -0.25) is 4.79 Å². The van der Waals surface area contributed by atoms with Crippen molar-refractivity contribution in [1.29, 1.82) is 0 Å². The van der Waals surface area contributed by atoms with Crippen LogP contribution in [0.1, 0.15) is 30.6 Å². The Labute approximate surface area is 118 Å². The fraction of sp³-hybridized carbons (Fsp3) is 0.353. The van der Waals surface area contributed by atoms with Crippen LogP contribution in [0.5, 0.6) is 0 Å². The third kappa shape index (κ3) is 2.95. The van der Waals surface area contributed by atoms with E-state index in [9.17, 15) is 4.79 Å². The van der Waals surface area contributed by atoms with Crippen LogP contribution in [0.4, 0.5) is 0 Å². The van der Waals surface area contributed by atoms with Crippen LogP contribution in [0.2, 0.25) is 0 Å². The molecule has 1 nitrogen and oxygen atoms in total. The van der Waals surface area contributed by atoms with Crippen molar-refractivity contribution in [3.05, 3.63) is 46.7 Å². The molecule has 0 amide bonds. The van der Waals surface area contributed by atoms with Crippen molar-refractivity contribution in [3.8, 4) is 11.1 Å². The van der Waals surface area contributed by atoms with Crippen molar-refractivity contribution in [2.75, 3.05) is 0 Å². The van der Waals surface area contributed by atoms with E-state index in [0.717, 1.165) is 12.8 Å². The summed E-state index contributed by atoms with van der Waals surface area (Å²) in [5, 5.41) is 2.16. The zero-order valence-electron chi connectivity index (χ0n) is 11.0. The molecule has 1 aromatic heterocycles. The van der Waals surface area contributed by atoms with Crippen LogP contribution in [0, 0.1) is 5.92 Å². The molecule has 0 N–H and O–H groups in total. The molecule has 1 heterocycles. The number of carbonyl (C=O) groups excluding carboxylic acids is 1. The van der Waals surface area contributed by atoms with E-state index in [1.54, 1.807) is 11.3 Å². The van der Waals surface area contributed by atoms with Gasteiger partial charge in [0.1, 0.15) is 5.78 Å². The number of ketones is 1. The molecule has 0 bridgehead atoms. The summed E-state index contributed by atoms with van der Waals surface area (Å²) in [4.78, 5) is 13.4. The summed E-state index contributed by atoms with van der Waals surface area (Å²) in [6, 6.07) is 12.5. The lowest BCUT2D eigenvalue weighted by atomic mass is 9.99. The van der Waals surface area contributed by atoms with Crippen molar-refractivity contribution >= 4 is 17.1 Å². The first-order valence-corrected chi connectivity index (χ1v) is 7.86. The van der Waals surface area contributed by atoms with Crippen LogP contribution in [0.3, 0.4) is 0 Å². The molecule has 0 unspecified atom stereocenters. The van der Waals surface area contributed by atoms with E-state index in [0.29, 0.717) is 18.1 Å². The first kappa shape index (κ1) is 12.6. The van der Waals surface area contributed by atoms with E-state index < -0.39 is 0 Å². The zero-order chi connectivity index (χ0) is 13.1. The first-order chi connectivity index (χ1) is 9.33. The highest BCUT2D eigenvalue weighted by atomic mass is 32.1. The minimum Gasteiger partial charge on any atom is -0.299 e. The number of rotatable bonds is 4. The molecule has 0 atom stereocenters. The fourth-order valence-electron chi connectivity index (χ4n) is 2.82. The van der Waals surface area contributed by atoms with Gasteiger partial charge in [-0.15, -0.1) is 11.3 Å². The Bertz CT molecular complexity index is 550. The molecular formula is C17H18OS. The maximum absolute atomic E-state index is 12.2. The number of benzene rings is 1. The van der Waals surface area contributed by atoms with Crippen LogP contribution in [0.25, 0.3) is 11.1 Å². The fourth-order valence-corrected chi connectivity index (χ4v) is 3.72.